The first kappa shape index (κ1) is 19.6. The van der Waals surface area contributed by atoms with E-state index in [4.69, 9.17) is 9.47 Å². The summed E-state index contributed by atoms with van der Waals surface area (Å²) in [7, 11) is 0. The van der Waals surface area contributed by atoms with Crippen molar-refractivity contribution in [2.45, 2.75) is 25.1 Å². The van der Waals surface area contributed by atoms with Crippen LogP contribution in [-0.2, 0) is 11.0 Å². The molecule has 1 N–H and O–H groups in total. The zero-order valence-electron chi connectivity index (χ0n) is 15.7. The van der Waals surface area contributed by atoms with Crippen molar-refractivity contribution >= 4 is 11.6 Å². The maximum atomic E-state index is 12.7. The van der Waals surface area contributed by atoms with Crippen molar-refractivity contribution in [1.82, 2.24) is 4.90 Å². The molecule has 5 nitrogen and oxygen atoms in total. The summed E-state index contributed by atoms with van der Waals surface area (Å²) in [5.41, 5.74) is 0.667. The Morgan fingerprint density at radius 2 is 1.79 bits per heavy atom. The Morgan fingerprint density at radius 1 is 1.07 bits per heavy atom. The number of ether oxygens (including phenoxy) is 2. The van der Waals surface area contributed by atoms with Gasteiger partial charge in [-0.1, -0.05) is 6.07 Å². The topological polar surface area (TPSA) is 50.8 Å². The van der Waals surface area contributed by atoms with Gasteiger partial charge in [0.1, 0.15) is 13.2 Å². The molecule has 154 valence electrons. The summed E-state index contributed by atoms with van der Waals surface area (Å²) in [6.07, 6.45) is -2.51. The van der Waals surface area contributed by atoms with Crippen LogP contribution in [0.25, 0.3) is 0 Å². The van der Waals surface area contributed by atoms with Crippen LogP contribution >= 0.6 is 0 Å². The summed E-state index contributed by atoms with van der Waals surface area (Å²) in [6.45, 7) is 1.99. The van der Waals surface area contributed by atoms with Crippen LogP contribution in [0.4, 0.5) is 18.9 Å². The summed E-state index contributed by atoms with van der Waals surface area (Å²) in [5.74, 6) is 1.19. The third-order valence-corrected chi connectivity index (χ3v) is 5.16. The summed E-state index contributed by atoms with van der Waals surface area (Å²) >= 11 is 0. The van der Waals surface area contributed by atoms with E-state index in [0.29, 0.717) is 18.9 Å². The molecular formula is C21H21F3N2O3. The van der Waals surface area contributed by atoms with Crippen molar-refractivity contribution in [3.05, 3.63) is 53.6 Å². The van der Waals surface area contributed by atoms with Crippen LogP contribution in [-0.4, -0.2) is 37.1 Å². The Balaban J connectivity index is 1.40. The molecule has 8 heteroatoms. The molecule has 0 spiro atoms. The predicted molar refractivity (Wildman–Crippen MR) is 101 cm³/mol. The lowest BCUT2D eigenvalue weighted by Crippen LogP contribution is -2.33. The molecule has 0 aliphatic carbocycles. The van der Waals surface area contributed by atoms with Crippen molar-refractivity contribution in [3.63, 3.8) is 0 Å². The van der Waals surface area contributed by atoms with E-state index in [2.05, 4.69) is 10.2 Å². The van der Waals surface area contributed by atoms with Crippen molar-refractivity contribution in [3.8, 4) is 11.5 Å². The summed E-state index contributed by atoms with van der Waals surface area (Å²) in [4.78, 5) is 14.5. The molecule has 0 unspecified atom stereocenters. The van der Waals surface area contributed by atoms with Crippen LogP contribution in [0.15, 0.2) is 42.5 Å². The van der Waals surface area contributed by atoms with E-state index >= 15 is 0 Å². The van der Waals surface area contributed by atoms with Crippen LogP contribution in [0.5, 0.6) is 11.5 Å². The Hall–Kier alpha value is -2.74. The van der Waals surface area contributed by atoms with Crippen molar-refractivity contribution in [2.24, 2.45) is 0 Å². The number of hydrogen-bond acceptors (Lipinski definition) is 4. The van der Waals surface area contributed by atoms with Crippen LogP contribution in [0.2, 0.25) is 0 Å². The van der Waals surface area contributed by atoms with Gasteiger partial charge in [0.25, 0.3) is 0 Å². The second-order valence-corrected chi connectivity index (χ2v) is 7.15. The number of halogens is 3. The molecule has 2 aromatic rings. The number of hydrogen-bond donors (Lipinski definition) is 1. The lowest BCUT2D eigenvalue weighted by Gasteiger charge is -2.26. The Morgan fingerprint density at radius 3 is 2.52 bits per heavy atom. The number of nitrogens with zero attached hydrogens (tertiary/aromatic N) is 1. The fraction of sp³-hybridized carbons (Fsp3) is 0.381. The zero-order valence-corrected chi connectivity index (χ0v) is 15.7. The maximum Gasteiger partial charge on any atom is 0.416 e. The predicted octanol–water partition coefficient (Wildman–Crippen LogP) is 4.25. The minimum absolute atomic E-state index is 0.0872. The molecule has 2 aliphatic rings. The number of carbonyl (C=O) groups excluding carboxylic acids is 1. The van der Waals surface area contributed by atoms with Crippen molar-refractivity contribution in [2.75, 3.05) is 31.6 Å². The van der Waals surface area contributed by atoms with Gasteiger partial charge in [0.2, 0.25) is 5.91 Å². The molecule has 0 aromatic heterocycles. The van der Waals surface area contributed by atoms with E-state index in [1.165, 1.54) is 12.1 Å². The second-order valence-electron chi connectivity index (χ2n) is 7.15. The number of alkyl halides is 3. The molecule has 0 bridgehead atoms. The Bertz CT molecular complexity index is 884. The highest BCUT2D eigenvalue weighted by atomic mass is 19.4. The lowest BCUT2D eigenvalue weighted by molar-refractivity contribution is -0.137. The number of carbonyl (C=O) groups is 1. The molecule has 1 saturated heterocycles. The molecule has 2 aromatic carbocycles. The zero-order chi connectivity index (χ0) is 20.4. The maximum absolute atomic E-state index is 12.7. The number of anilines is 1. The van der Waals surface area contributed by atoms with E-state index in [1.807, 2.05) is 18.2 Å². The van der Waals surface area contributed by atoms with Crippen LogP contribution < -0.4 is 14.8 Å². The minimum atomic E-state index is -4.39. The van der Waals surface area contributed by atoms with Gasteiger partial charge in [0.05, 0.1) is 12.1 Å². The fourth-order valence-corrected chi connectivity index (χ4v) is 3.79. The van der Waals surface area contributed by atoms with Gasteiger partial charge >= 0.3 is 6.18 Å². The van der Waals surface area contributed by atoms with E-state index in [0.717, 1.165) is 48.6 Å². The van der Waals surface area contributed by atoms with E-state index < -0.39 is 11.7 Å². The number of fused-ring (bicyclic) bond motifs is 1. The van der Waals surface area contributed by atoms with Crippen LogP contribution in [0.3, 0.4) is 0 Å². The van der Waals surface area contributed by atoms with Gasteiger partial charge in [0, 0.05) is 11.7 Å². The molecule has 1 fully saturated rings. The number of amides is 1. The molecule has 2 aliphatic heterocycles. The fourth-order valence-electron chi connectivity index (χ4n) is 3.79. The van der Waals surface area contributed by atoms with E-state index in [1.54, 1.807) is 0 Å². The normalized spacial score (nSPS) is 19.2. The molecule has 2 heterocycles. The van der Waals surface area contributed by atoms with Gasteiger partial charge < -0.3 is 14.8 Å². The van der Waals surface area contributed by atoms with Gasteiger partial charge in [-0.25, -0.2) is 0 Å². The van der Waals surface area contributed by atoms with Crippen molar-refractivity contribution in [1.29, 1.82) is 0 Å². The molecule has 0 radical (unpaired) electrons. The molecular weight excluding hydrogens is 385 g/mol. The Kier molecular flexibility index (Phi) is 5.36. The first-order chi connectivity index (χ1) is 13.9. The van der Waals surface area contributed by atoms with Gasteiger partial charge in [-0.3, -0.25) is 9.69 Å². The van der Waals surface area contributed by atoms with E-state index in [-0.39, 0.29) is 18.5 Å². The highest BCUT2D eigenvalue weighted by Gasteiger charge is 2.31. The molecule has 1 atom stereocenters. The van der Waals surface area contributed by atoms with Gasteiger partial charge in [-0.15, -0.1) is 0 Å². The first-order valence-corrected chi connectivity index (χ1v) is 9.51. The monoisotopic (exact) mass is 406 g/mol. The largest absolute Gasteiger partial charge is 0.486 e. The molecule has 0 saturated carbocycles. The van der Waals surface area contributed by atoms with Gasteiger partial charge in [-0.05, 0) is 61.3 Å². The lowest BCUT2D eigenvalue weighted by atomic mass is 10.0. The third kappa shape index (κ3) is 4.48. The molecule has 1 amide bonds. The summed E-state index contributed by atoms with van der Waals surface area (Å²) < 4.78 is 49.2. The average molecular weight is 406 g/mol. The number of likely N-dealkylation sites (tertiary alicyclic amines) is 1. The minimum Gasteiger partial charge on any atom is -0.486 e. The number of rotatable bonds is 4. The van der Waals surface area contributed by atoms with E-state index in [9.17, 15) is 18.0 Å². The van der Waals surface area contributed by atoms with Crippen LogP contribution in [0.1, 0.15) is 30.0 Å². The van der Waals surface area contributed by atoms with Crippen LogP contribution in [0, 0.1) is 0 Å². The Labute approximate surface area is 166 Å². The third-order valence-electron chi connectivity index (χ3n) is 5.16. The standard InChI is InChI=1S/C21H21F3N2O3/c22-21(23,24)15-4-6-16(7-5-15)25-20(27)13-26-9-1-2-17(26)14-3-8-18-19(12-14)29-11-10-28-18/h3-8,12,17H,1-2,9-11,13H2,(H,25,27)/t17-/m0/s1. The smallest absolute Gasteiger partial charge is 0.416 e. The summed E-state index contributed by atoms with van der Waals surface area (Å²) in [5, 5.41) is 2.68. The quantitative estimate of drug-likeness (QED) is 0.825. The second kappa shape index (κ2) is 7.94. The summed E-state index contributed by atoms with van der Waals surface area (Å²) in [6, 6.07) is 10.4. The number of benzene rings is 2. The molecule has 4 rings (SSSR count). The SMILES string of the molecule is O=C(CN1CCC[C@H]1c1ccc2c(c1)OCCO2)Nc1ccc(C(F)(F)F)cc1. The van der Waals surface area contributed by atoms with Gasteiger partial charge in [0.15, 0.2) is 11.5 Å². The molecule has 29 heavy (non-hydrogen) atoms. The van der Waals surface area contributed by atoms with Gasteiger partial charge in [-0.2, -0.15) is 13.2 Å². The highest BCUT2D eigenvalue weighted by Crippen LogP contribution is 2.38. The first-order valence-electron chi connectivity index (χ1n) is 9.51. The van der Waals surface area contributed by atoms with Crippen molar-refractivity contribution < 1.29 is 27.4 Å². The number of nitrogens with one attached hydrogen (secondary N) is 1. The highest BCUT2D eigenvalue weighted by molar-refractivity contribution is 5.92. The average Bonchev–Trinajstić information content (AvgIpc) is 3.15.